The number of carbonyl (C=O) groups is 1. The Balaban J connectivity index is 2.12. The molecule has 1 atom stereocenters. The molecule has 1 aliphatic rings. The minimum Gasteiger partial charge on any atom is -0.438 e. The third-order valence-corrected chi connectivity index (χ3v) is 3.23. The summed E-state index contributed by atoms with van der Waals surface area (Å²) >= 11 is 1.57. The average molecular weight is 223 g/mol. The van der Waals surface area contributed by atoms with Gasteiger partial charge in [0.1, 0.15) is 0 Å². The van der Waals surface area contributed by atoms with Gasteiger partial charge < -0.3 is 10.1 Å². The Hall–Kier alpha value is -1.56. The Labute approximate surface area is 89.7 Å². The van der Waals surface area contributed by atoms with Gasteiger partial charge in [-0.3, -0.25) is 4.40 Å². The van der Waals surface area contributed by atoms with Crippen molar-refractivity contribution < 1.29 is 9.53 Å². The van der Waals surface area contributed by atoms with Crippen LogP contribution < -0.4 is 5.32 Å². The molecule has 0 saturated carbocycles. The summed E-state index contributed by atoms with van der Waals surface area (Å²) in [6.45, 7) is 2.45. The molecule has 2 aromatic rings. The van der Waals surface area contributed by atoms with Gasteiger partial charge in [0, 0.05) is 11.6 Å². The normalized spacial score (nSPS) is 20.6. The molecule has 2 aromatic heterocycles. The lowest BCUT2D eigenvalue weighted by molar-refractivity contribution is 0.138. The summed E-state index contributed by atoms with van der Waals surface area (Å²) in [5, 5.41) is 4.61. The smallest absolute Gasteiger partial charge is 0.408 e. The lowest BCUT2D eigenvalue weighted by Crippen LogP contribution is -2.12. The predicted octanol–water partition coefficient (Wildman–Crippen LogP) is 1.49. The maximum atomic E-state index is 11.0. The Bertz CT molecular complexity index is 530. The van der Waals surface area contributed by atoms with E-state index >= 15 is 0 Å². The number of fused-ring (bicyclic) bond motifs is 1. The van der Waals surface area contributed by atoms with E-state index in [2.05, 4.69) is 10.3 Å². The number of amides is 1. The lowest BCUT2D eigenvalue weighted by Gasteiger charge is -2.07. The number of aryl methyl sites for hydroxylation is 1. The Morgan fingerprint density at radius 2 is 2.60 bits per heavy atom. The number of thiazole rings is 1. The van der Waals surface area contributed by atoms with Gasteiger partial charge in [0.2, 0.25) is 0 Å². The zero-order chi connectivity index (χ0) is 10.4. The molecule has 1 unspecified atom stereocenters. The van der Waals surface area contributed by atoms with E-state index in [0.29, 0.717) is 6.54 Å². The van der Waals surface area contributed by atoms with Crippen LogP contribution in [0.1, 0.15) is 17.5 Å². The van der Waals surface area contributed by atoms with Crippen molar-refractivity contribution >= 4 is 22.4 Å². The van der Waals surface area contributed by atoms with Gasteiger partial charge in [-0.2, -0.15) is 0 Å². The van der Waals surface area contributed by atoms with E-state index in [4.69, 9.17) is 4.74 Å². The minimum absolute atomic E-state index is 0.220. The van der Waals surface area contributed by atoms with Crippen LogP contribution in [0.5, 0.6) is 0 Å². The molecule has 0 aromatic carbocycles. The van der Waals surface area contributed by atoms with E-state index in [1.54, 1.807) is 11.3 Å². The van der Waals surface area contributed by atoms with E-state index in [9.17, 15) is 4.79 Å². The zero-order valence-corrected chi connectivity index (χ0v) is 8.87. The Morgan fingerprint density at radius 1 is 1.73 bits per heavy atom. The van der Waals surface area contributed by atoms with Crippen molar-refractivity contribution in [3.05, 3.63) is 23.0 Å². The molecule has 1 fully saturated rings. The first-order valence-electron chi connectivity index (χ1n) is 4.62. The second kappa shape index (κ2) is 2.96. The van der Waals surface area contributed by atoms with Gasteiger partial charge in [-0.15, -0.1) is 11.3 Å². The fraction of sp³-hybridized carbons (Fsp3) is 0.333. The second-order valence-corrected chi connectivity index (χ2v) is 4.29. The molecule has 78 valence electrons. The molecule has 3 heterocycles. The monoisotopic (exact) mass is 223 g/mol. The molecular weight excluding hydrogens is 214 g/mol. The number of carbonyl (C=O) groups excluding carboxylic acids is 1. The molecule has 0 bridgehead atoms. The van der Waals surface area contributed by atoms with Crippen molar-refractivity contribution in [1.82, 2.24) is 14.7 Å². The summed E-state index contributed by atoms with van der Waals surface area (Å²) in [4.78, 5) is 16.3. The summed E-state index contributed by atoms with van der Waals surface area (Å²) in [5.74, 6) is 0. The summed E-state index contributed by atoms with van der Waals surface area (Å²) in [6.07, 6.45) is 1.37. The summed E-state index contributed by atoms with van der Waals surface area (Å²) in [6, 6.07) is 0. The van der Waals surface area contributed by atoms with Crippen LogP contribution in [0.15, 0.2) is 11.6 Å². The lowest BCUT2D eigenvalue weighted by atomic mass is 10.2. The molecule has 0 spiro atoms. The maximum absolute atomic E-state index is 11.0. The van der Waals surface area contributed by atoms with Crippen LogP contribution in [0.25, 0.3) is 4.96 Å². The Kier molecular flexibility index (Phi) is 1.72. The van der Waals surface area contributed by atoms with Crippen molar-refractivity contribution in [3.63, 3.8) is 0 Å². The Morgan fingerprint density at radius 3 is 3.33 bits per heavy atom. The van der Waals surface area contributed by atoms with Gasteiger partial charge in [0.15, 0.2) is 11.1 Å². The van der Waals surface area contributed by atoms with Crippen LogP contribution in [0.2, 0.25) is 0 Å². The molecule has 0 aliphatic carbocycles. The summed E-state index contributed by atoms with van der Waals surface area (Å²) in [5.41, 5.74) is 1.88. The van der Waals surface area contributed by atoms with Crippen molar-refractivity contribution in [3.8, 4) is 0 Å². The highest BCUT2D eigenvalue weighted by Gasteiger charge is 2.29. The van der Waals surface area contributed by atoms with E-state index in [1.165, 1.54) is 0 Å². The highest BCUT2D eigenvalue weighted by molar-refractivity contribution is 7.15. The first-order valence-corrected chi connectivity index (χ1v) is 5.50. The van der Waals surface area contributed by atoms with Gasteiger partial charge in [-0.05, 0) is 6.92 Å². The molecule has 15 heavy (non-hydrogen) atoms. The summed E-state index contributed by atoms with van der Waals surface area (Å²) in [7, 11) is 0. The molecule has 5 nitrogen and oxygen atoms in total. The fourth-order valence-electron chi connectivity index (χ4n) is 1.84. The van der Waals surface area contributed by atoms with Crippen LogP contribution in [0.4, 0.5) is 4.79 Å². The van der Waals surface area contributed by atoms with Gasteiger partial charge in [0.25, 0.3) is 0 Å². The average Bonchev–Trinajstić information content (AvgIpc) is 2.81. The van der Waals surface area contributed by atoms with Gasteiger partial charge in [-0.1, -0.05) is 0 Å². The third kappa shape index (κ3) is 1.21. The largest absolute Gasteiger partial charge is 0.438 e. The maximum Gasteiger partial charge on any atom is 0.408 e. The number of alkyl carbamates (subject to hydrolysis) is 1. The first-order chi connectivity index (χ1) is 7.25. The number of nitrogens with zero attached hydrogens (tertiary/aromatic N) is 2. The summed E-state index contributed by atoms with van der Waals surface area (Å²) < 4.78 is 7.13. The minimum atomic E-state index is -0.357. The van der Waals surface area contributed by atoms with Crippen LogP contribution in [-0.2, 0) is 4.74 Å². The quantitative estimate of drug-likeness (QED) is 0.796. The predicted molar refractivity (Wildman–Crippen MR) is 55.0 cm³/mol. The number of nitrogens with one attached hydrogen (secondary N) is 1. The molecule has 1 N–H and O–H groups in total. The third-order valence-electron chi connectivity index (χ3n) is 2.47. The fourth-order valence-corrected chi connectivity index (χ4v) is 2.61. The standard InChI is InChI=1S/C9H9N3O2S/c1-5-7(6-4-10-9(13)14-6)12-2-3-15-8(12)11-5/h2-3,6H,4H2,1H3,(H,10,13). The first kappa shape index (κ1) is 8.72. The highest BCUT2D eigenvalue weighted by Crippen LogP contribution is 2.26. The molecule has 6 heteroatoms. The van der Waals surface area contributed by atoms with E-state index in [-0.39, 0.29) is 12.2 Å². The number of rotatable bonds is 1. The number of hydrogen-bond donors (Lipinski definition) is 1. The second-order valence-electron chi connectivity index (χ2n) is 3.41. The number of aromatic nitrogens is 2. The molecule has 1 amide bonds. The number of hydrogen-bond acceptors (Lipinski definition) is 4. The zero-order valence-electron chi connectivity index (χ0n) is 8.06. The van der Waals surface area contributed by atoms with Crippen molar-refractivity contribution in [2.24, 2.45) is 0 Å². The molecule has 3 rings (SSSR count). The topological polar surface area (TPSA) is 55.6 Å². The molecule has 0 radical (unpaired) electrons. The SMILES string of the molecule is Cc1nc2sccn2c1C1CNC(=O)O1. The molecule has 1 saturated heterocycles. The van der Waals surface area contributed by atoms with Gasteiger partial charge >= 0.3 is 6.09 Å². The number of imidazole rings is 1. The van der Waals surface area contributed by atoms with Crippen LogP contribution in [-0.4, -0.2) is 22.0 Å². The van der Waals surface area contributed by atoms with Crippen molar-refractivity contribution in [2.75, 3.05) is 6.54 Å². The molecule has 1 aliphatic heterocycles. The van der Waals surface area contributed by atoms with E-state index < -0.39 is 0 Å². The van der Waals surface area contributed by atoms with Gasteiger partial charge in [-0.25, -0.2) is 9.78 Å². The number of ether oxygens (including phenoxy) is 1. The van der Waals surface area contributed by atoms with E-state index in [1.807, 2.05) is 22.9 Å². The van der Waals surface area contributed by atoms with Crippen LogP contribution >= 0.6 is 11.3 Å². The van der Waals surface area contributed by atoms with Crippen molar-refractivity contribution in [1.29, 1.82) is 0 Å². The van der Waals surface area contributed by atoms with Crippen LogP contribution in [0.3, 0.4) is 0 Å². The molecular formula is C9H9N3O2S. The van der Waals surface area contributed by atoms with Gasteiger partial charge in [0.05, 0.1) is 17.9 Å². The van der Waals surface area contributed by atoms with E-state index in [0.717, 1.165) is 16.3 Å². The van der Waals surface area contributed by atoms with Crippen molar-refractivity contribution in [2.45, 2.75) is 13.0 Å². The highest BCUT2D eigenvalue weighted by atomic mass is 32.1. The van der Waals surface area contributed by atoms with Crippen LogP contribution in [0, 0.1) is 6.92 Å². The number of cyclic esters (lactones) is 1.